The van der Waals surface area contributed by atoms with E-state index in [1.165, 1.54) is 32.8 Å². The van der Waals surface area contributed by atoms with Crippen LogP contribution in [-0.4, -0.2) is 306 Å². The van der Waals surface area contributed by atoms with E-state index in [0.29, 0.717) is 13.0 Å². The molecule has 0 aromatic heterocycles. The molecule has 7 unspecified atom stereocenters. The fraction of sp³-hybridized carbons (Fsp3) is 0.810. The lowest BCUT2D eigenvalue weighted by Gasteiger charge is -2.42. The number of ether oxygens (including phenoxy) is 7. The predicted octanol–water partition coefficient (Wildman–Crippen LogP) is -7.61. The molecule has 3 rings (SSSR count). The van der Waals surface area contributed by atoms with E-state index in [1.807, 2.05) is 0 Å². The van der Waals surface area contributed by atoms with Crippen LogP contribution in [-0.2, 0) is 85.9 Å². The van der Waals surface area contributed by atoms with Crippen LogP contribution in [0.15, 0.2) is 0 Å². The first-order chi connectivity index (χ1) is 44.2. The lowest BCUT2D eigenvalue weighted by atomic mass is 9.97. The van der Waals surface area contributed by atoms with Crippen LogP contribution in [0, 0.1) is 0 Å². The minimum absolute atomic E-state index is 0.00250. The second kappa shape index (κ2) is 44.1. The van der Waals surface area contributed by atoms with E-state index in [2.05, 4.69) is 37.2 Å². The quantitative estimate of drug-likeness (QED) is 0.0252. The summed E-state index contributed by atoms with van der Waals surface area (Å²) in [7, 11) is 1.50. The van der Waals surface area contributed by atoms with Crippen molar-refractivity contribution < 1.29 is 132 Å². The largest absolute Gasteiger partial charge is 0.394 e. The van der Waals surface area contributed by atoms with Gasteiger partial charge in [0.15, 0.2) is 18.9 Å². The van der Waals surface area contributed by atoms with Crippen molar-refractivity contribution in [1.29, 1.82) is 0 Å². The van der Waals surface area contributed by atoms with Gasteiger partial charge in [0.1, 0.15) is 96.2 Å². The maximum Gasteiger partial charge on any atom is 0.239 e. The summed E-state index contributed by atoms with van der Waals surface area (Å²) in [5, 5.41) is 109. The van der Waals surface area contributed by atoms with Crippen LogP contribution in [0.25, 0.3) is 0 Å². The summed E-state index contributed by atoms with van der Waals surface area (Å²) < 4.78 is 38.6. The van der Waals surface area contributed by atoms with Crippen molar-refractivity contribution in [3.8, 4) is 0 Å². The number of nitrogens with zero attached hydrogens (tertiary/aromatic N) is 1. The Hall–Kier alpha value is -5.71. The SMILES string of the molecule is COCCCC(=O)CCCC(=O)CCC(C(=O)NCC(=O)NCCCO[C@@H]1OC(CO)[C@H](O)[C@H](O)C1NC(C)=O)N(CC(=O)CCC(=O)NCCCO[C@@H]1OC(CO)[C@H](O)[C@H](O)C1NC(C)=O)CC(=O)CCC(=O)NCCCO[C@@H]1OC(CO)[C@H](O)[C@H](O)C1NC(C)=O. The number of Topliss-reactive ketones (excluding diaryl/α,β-unsaturated/α-hetero) is 4. The monoisotopic (exact) mass is 1340 g/mol. The van der Waals surface area contributed by atoms with Crippen LogP contribution in [0.4, 0.5) is 0 Å². The van der Waals surface area contributed by atoms with Crippen molar-refractivity contribution in [2.75, 3.05) is 92.6 Å². The fourth-order valence-electron chi connectivity index (χ4n) is 10.2. The van der Waals surface area contributed by atoms with Gasteiger partial charge >= 0.3 is 0 Å². The highest BCUT2D eigenvalue weighted by molar-refractivity contribution is 5.92. The van der Waals surface area contributed by atoms with E-state index < -0.39 is 203 Å². The zero-order valence-electron chi connectivity index (χ0n) is 53.2. The normalized spacial score (nSPS) is 26.5. The van der Waals surface area contributed by atoms with Crippen LogP contribution < -0.4 is 37.2 Å². The Balaban J connectivity index is 1.73. The number of methoxy groups -OCH3 is 1. The number of aliphatic hydroxyl groups excluding tert-OH is 9. The highest BCUT2D eigenvalue weighted by Gasteiger charge is 2.48. The maximum absolute atomic E-state index is 14.3. The zero-order valence-corrected chi connectivity index (χ0v) is 53.2. The van der Waals surface area contributed by atoms with E-state index >= 15 is 0 Å². The van der Waals surface area contributed by atoms with Gasteiger partial charge in [0.2, 0.25) is 41.4 Å². The molecule has 35 heteroatoms. The summed E-state index contributed by atoms with van der Waals surface area (Å²) in [4.78, 5) is 144. The summed E-state index contributed by atoms with van der Waals surface area (Å²) in [6, 6.07) is -5.08. The molecule has 0 aliphatic carbocycles. The first-order valence-corrected chi connectivity index (χ1v) is 31.2. The van der Waals surface area contributed by atoms with Gasteiger partial charge in [0.05, 0.1) is 65.3 Å². The third kappa shape index (κ3) is 29.9. The smallest absolute Gasteiger partial charge is 0.239 e. The topological polar surface area (TPSA) is 522 Å². The molecule has 0 saturated carbocycles. The van der Waals surface area contributed by atoms with Gasteiger partial charge in [-0.05, 0) is 38.5 Å². The number of rotatable bonds is 46. The second-order valence-corrected chi connectivity index (χ2v) is 22.8. The minimum atomic E-state index is -1.56. The van der Waals surface area contributed by atoms with Crippen molar-refractivity contribution in [1.82, 2.24) is 42.1 Å². The van der Waals surface area contributed by atoms with Gasteiger partial charge in [0, 0.05) is 105 Å². The van der Waals surface area contributed by atoms with Crippen LogP contribution in [0.3, 0.4) is 0 Å². The Bertz CT molecular complexity index is 2290. The molecule has 3 saturated heterocycles. The zero-order chi connectivity index (χ0) is 69.2. The van der Waals surface area contributed by atoms with Crippen molar-refractivity contribution in [2.24, 2.45) is 0 Å². The molecule has 0 radical (unpaired) electrons. The molecule has 0 aromatic rings. The molecule has 0 bridgehead atoms. The van der Waals surface area contributed by atoms with Gasteiger partial charge in [-0.15, -0.1) is 0 Å². The van der Waals surface area contributed by atoms with Gasteiger partial charge in [-0.2, -0.15) is 0 Å². The molecule has 0 aromatic carbocycles. The summed E-state index contributed by atoms with van der Waals surface area (Å²) in [6.07, 6.45) is -17.7. The third-order valence-electron chi connectivity index (χ3n) is 15.1. The molecular formula is C58H98N8O27. The molecule has 3 heterocycles. The van der Waals surface area contributed by atoms with Crippen molar-refractivity contribution >= 4 is 64.5 Å². The molecule has 7 amide bonds. The number of ketones is 4. The molecule has 93 heavy (non-hydrogen) atoms. The Morgan fingerprint density at radius 1 is 0.419 bits per heavy atom. The molecule has 3 aliphatic rings. The molecule has 3 aliphatic heterocycles. The average molecular weight is 1340 g/mol. The predicted molar refractivity (Wildman–Crippen MR) is 318 cm³/mol. The van der Waals surface area contributed by atoms with E-state index in [0.717, 1.165) is 0 Å². The standard InChI is InChI=1S/C58H98N8O27/c1-32(70)63-46-52(83)49(80)40(29-67)91-56(46)88-23-7-19-59-43(77)17-14-37(75)27-66(28-38(76)15-18-44(78)60-20-8-24-89-57-47(64-33(2)71)53(84)50(81)41(30-68)92-57)39(16-13-36(74)11-5-10-35(73)12-6-22-87-4)55(86)62-26-45(79)61-21-9-25-90-58-48(65-34(3)72)54(85)51(82)42(31-69)93-58/h39-42,46-54,56-58,67-69,80-85H,5-31H2,1-4H3,(H,59,77)(H,60,78)(H,61,79)(H,62,86)(H,63,70)(H,64,71)(H,65,72)/t39?,40?,41?,42?,46?,47?,48?,49-,50-,51-,52+,53+,54+,56+,57+,58+/m0/s1. The lowest BCUT2D eigenvalue weighted by molar-refractivity contribution is -0.270. The number of nitrogens with one attached hydrogen (secondary N) is 7. The number of carbonyl (C=O) groups is 11. The van der Waals surface area contributed by atoms with E-state index in [-0.39, 0.29) is 122 Å². The minimum Gasteiger partial charge on any atom is -0.394 e. The van der Waals surface area contributed by atoms with Gasteiger partial charge in [0.25, 0.3) is 0 Å². The summed E-state index contributed by atoms with van der Waals surface area (Å²) in [6.45, 7) is -0.475. The fourth-order valence-corrected chi connectivity index (χ4v) is 10.2. The summed E-state index contributed by atoms with van der Waals surface area (Å²) in [5.41, 5.74) is 0. The molecular weight excluding hydrogens is 1240 g/mol. The van der Waals surface area contributed by atoms with Crippen LogP contribution in [0.2, 0.25) is 0 Å². The maximum atomic E-state index is 14.3. The average Bonchev–Trinajstić information content (AvgIpc) is 0.894. The van der Waals surface area contributed by atoms with E-state index in [4.69, 9.17) is 33.2 Å². The Labute approximate surface area is 538 Å². The first-order valence-electron chi connectivity index (χ1n) is 31.2. The lowest BCUT2D eigenvalue weighted by Crippen LogP contribution is -2.64. The third-order valence-corrected chi connectivity index (χ3v) is 15.1. The Morgan fingerprint density at radius 3 is 1.13 bits per heavy atom. The van der Waals surface area contributed by atoms with Crippen molar-refractivity contribution in [3.63, 3.8) is 0 Å². The molecule has 16 atom stereocenters. The van der Waals surface area contributed by atoms with Crippen LogP contribution in [0.1, 0.15) is 111 Å². The molecule has 3 fully saturated rings. The highest BCUT2D eigenvalue weighted by atomic mass is 16.7. The van der Waals surface area contributed by atoms with Crippen LogP contribution >= 0.6 is 0 Å². The number of aliphatic hydroxyl groups is 9. The molecule has 532 valence electrons. The number of hydrogen-bond acceptors (Lipinski definition) is 28. The second-order valence-electron chi connectivity index (χ2n) is 22.8. The summed E-state index contributed by atoms with van der Waals surface area (Å²) >= 11 is 0. The van der Waals surface area contributed by atoms with E-state index in [1.54, 1.807) is 0 Å². The van der Waals surface area contributed by atoms with Gasteiger partial charge in [-0.25, -0.2) is 0 Å². The number of hydrogen-bond donors (Lipinski definition) is 16. The van der Waals surface area contributed by atoms with Crippen molar-refractivity contribution in [3.05, 3.63) is 0 Å². The van der Waals surface area contributed by atoms with Gasteiger partial charge in [-0.3, -0.25) is 57.6 Å². The molecule has 16 N–H and O–H groups in total. The highest BCUT2D eigenvalue weighted by Crippen LogP contribution is 2.25. The number of carbonyl (C=O) groups excluding carboxylic acids is 11. The summed E-state index contributed by atoms with van der Waals surface area (Å²) in [5.74, 6) is -6.25. The first kappa shape index (κ1) is 81.5. The Kier molecular flexibility index (Phi) is 38.7. The van der Waals surface area contributed by atoms with Crippen LogP contribution in [0.5, 0.6) is 0 Å². The molecule has 35 nitrogen and oxygen atoms in total. The number of amides is 7. The van der Waals surface area contributed by atoms with E-state index in [9.17, 15) is 98.7 Å². The van der Waals surface area contributed by atoms with Gasteiger partial charge < -0.3 is 116 Å². The Morgan fingerprint density at radius 2 is 0.774 bits per heavy atom. The molecule has 0 spiro atoms. The van der Waals surface area contributed by atoms with Crippen molar-refractivity contribution in [2.45, 2.75) is 209 Å². The van der Waals surface area contributed by atoms with Gasteiger partial charge in [-0.1, -0.05) is 0 Å².